The minimum absolute atomic E-state index is 0.329. The Morgan fingerprint density at radius 3 is 1.56 bits per heavy atom. The summed E-state index contributed by atoms with van der Waals surface area (Å²) in [6.45, 7) is 0. The number of nitrogens with zero attached hydrogens (tertiary/aromatic N) is 3. The van der Waals surface area contributed by atoms with Gasteiger partial charge in [0, 0.05) is 12.8 Å². The normalized spacial score (nSPS) is 8.75. The molecule has 0 saturated heterocycles. The van der Waals surface area contributed by atoms with E-state index < -0.39 is 0 Å². The van der Waals surface area contributed by atoms with Gasteiger partial charge in [0.05, 0.1) is 12.4 Å². The highest BCUT2D eigenvalue weighted by atomic mass is 16.1. The average Bonchev–Trinajstić information content (AvgIpc) is 2.27. The van der Waals surface area contributed by atoms with E-state index in [4.69, 9.17) is 11.5 Å². The van der Waals surface area contributed by atoms with Crippen molar-refractivity contribution in [2.24, 2.45) is 11.5 Å². The summed E-state index contributed by atoms with van der Waals surface area (Å²) in [5, 5.41) is 10.1. The Kier molecular flexibility index (Phi) is 8.29. The maximum Gasteiger partial charge on any atom is 0.217 e. The molecule has 0 aliphatic rings. The van der Waals surface area contributed by atoms with Crippen molar-refractivity contribution in [1.29, 1.82) is 0 Å². The third-order valence-corrected chi connectivity index (χ3v) is 1.51. The Bertz CT molecular complexity index is 261. The van der Waals surface area contributed by atoms with Gasteiger partial charge in [-0.15, -0.1) is 10.2 Å². The number of carbonyl (C=O) groups excluding carboxylic acids is 2. The van der Waals surface area contributed by atoms with Gasteiger partial charge in [-0.25, -0.2) is 0 Å². The standard InChI is InChI=1S/C6H12N2O2.C3H3N3/c7-5(9)3-1-2-4-6(8)10;1-2-4-6-5-3-1/h1-4H2,(H2,7,9)(H2,8,10);1-3H. The van der Waals surface area contributed by atoms with Gasteiger partial charge in [0.1, 0.15) is 0 Å². The SMILES string of the molecule is NC(=O)CCCCC(N)=O.c1cnnnc1. The highest BCUT2D eigenvalue weighted by molar-refractivity contribution is 5.74. The number of hydrogen-bond donors (Lipinski definition) is 2. The van der Waals surface area contributed by atoms with Crippen LogP contribution in [0.25, 0.3) is 0 Å². The lowest BCUT2D eigenvalue weighted by Gasteiger charge is -1.93. The topological polar surface area (TPSA) is 125 Å². The van der Waals surface area contributed by atoms with Crippen LogP contribution in [-0.2, 0) is 9.59 Å². The van der Waals surface area contributed by atoms with Crippen molar-refractivity contribution >= 4 is 11.8 Å². The van der Waals surface area contributed by atoms with E-state index in [-0.39, 0.29) is 11.8 Å². The van der Waals surface area contributed by atoms with Crippen LogP contribution in [0.4, 0.5) is 0 Å². The predicted octanol–water partition coefficient (Wildman–Crippen LogP) is -0.611. The minimum Gasteiger partial charge on any atom is -0.370 e. The van der Waals surface area contributed by atoms with Gasteiger partial charge < -0.3 is 11.5 Å². The van der Waals surface area contributed by atoms with Crippen LogP contribution in [0.5, 0.6) is 0 Å². The van der Waals surface area contributed by atoms with Crippen LogP contribution < -0.4 is 11.5 Å². The summed E-state index contributed by atoms with van der Waals surface area (Å²) in [7, 11) is 0. The van der Waals surface area contributed by atoms with E-state index in [1.54, 1.807) is 18.5 Å². The molecule has 1 aromatic heterocycles. The Morgan fingerprint density at radius 2 is 1.38 bits per heavy atom. The summed E-state index contributed by atoms with van der Waals surface area (Å²) < 4.78 is 0. The van der Waals surface area contributed by atoms with E-state index in [0.717, 1.165) is 0 Å². The number of hydrogen-bond acceptors (Lipinski definition) is 5. The highest BCUT2D eigenvalue weighted by Crippen LogP contribution is 1.97. The first-order valence-electron chi connectivity index (χ1n) is 4.78. The smallest absolute Gasteiger partial charge is 0.217 e. The summed E-state index contributed by atoms with van der Waals surface area (Å²) in [6, 6.07) is 1.72. The highest BCUT2D eigenvalue weighted by Gasteiger charge is 1.96. The second-order valence-electron chi connectivity index (χ2n) is 2.95. The fourth-order valence-corrected chi connectivity index (χ4v) is 0.803. The van der Waals surface area contributed by atoms with Crippen molar-refractivity contribution in [1.82, 2.24) is 15.4 Å². The Balaban J connectivity index is 0.000000315. The van der Waals surface area contributed by atoms with Crippen molar-refractivity contribution in [3.63, 3.8) is 0 Å². The van der Waals surface area contributed by atoms with Gasteiger partial charge in [0.25, 0.3) is 0 Å². The predicted molar refractivity (Wildman–Crippen MR) is 56.7 cm³/mol. The Morgan fingerprint density at radius 1 is 0.938 bits per heavy atom. The first-order chi connectivity index (χ1) is 7.63. The third-order valence-electron chi connectivity index (χ3n) is 1.51. The third kappa shape index (κ3) is 11.9. The molecule has 0 fully saturated rings. The number of unbranched alkanes of at least 4 members (excludes halogenated alkanes) is 1. The van der Waals surface area contributed by atoms with Gasteiger partial charge in [-0.05, 0) is 24.1 Å². The number of nitrogens with two attached hydrogens (primary N) is 2. The first kappa shape index (κ1) is 13.9. The second kappa shape index (κ2) is 9.50. The summed E-state index contributed by atoms with van der Waals surface area (Å²) >= 11 is 0. The molecule has 0 radical (unpaired) electrons. The summed E-state index contributed by atoms with van der Waals surface area (Å²) in [5.74, 6) is -0.658. The van der Waals surface area contributed by atoms with Gasteiger partial charge in [0.2, 0.25) is 11.8 Å². The molecule has 1 rings (SSSR count). The quantitative estimate of drug-likeness (QED) is 0.646. The molecule has 0 spiro atoms. The molecule has 0 aromatic carbocycles. The summed E-state index contributed by atoms with van der Waals surface area (Å²) in [6.07, 6.45) is 5.14. The van der Waals surface area contributed by atoms with Crippen molar-refractivity contribution in [3.05, 3.63) is 18.5 Å². The number of carbonyl (C=O) groups is 2. The zero-order valence-corrected chi connectivity index (χ0v) is 8.87. The number of primary amides is 2. The van der Waals surface area contributed by atoms with E-state index in [0.29, 0.717) is 25.7 Å². The summed E-state index contributed by atoms with van der Waals surface area (Å²) in [4.78, 5) is 20.3. The molecule has 88 valence electrons. The number of aromatic nitrogens is 3. The summed E-state index contributed by atoms with van der Waals surface area (Å²) in [5.41, 5.74) is 9.71. The molecule has 4 N–H and O–H groups in total. The van der Waals surface area contributed by atoms with Crippen LogP contribution in [0.1, 0.15) is 25.7 Å². The fourth-order valence-electron chi connectivity index (χ4n) is 0.803. The molecule has 0 saturated carbocycles. The zero-order valence-electron chi connectivity index (χ0n) is 8.87. The molecule has 0 bridgehead atoms. The molecule has 0 atom stereocenters. The van der Waals surface area contributed by atoms with E-state index in [2.05, 4.69) is 15.4 Å². The monoisotopic (exact) mass is 225 g/mol. The van der Waals surface area contributed by atoms with E-state index in [9.17, 15) is 9.59 Å². The van der Waals surface area contributed by atoms with E-state index >= 15 is 0 Å². The van der Waals surface area contributed by atoms with Gasteiger partial charge in [-0.2, -0.15) is 0 Å². The number of rotatable bonds is 5. The van der Waals surface area contributed by atoms with Gasteiger partial charge >= 0.3 is 0 Å². The average molecular weight is 225 g/mol. The Labute approximate surface area is 93.2 Å². The van der Waals surface area contributed by atoms with Crippen LogP contribution in [0, 0.1) is 0 Å². The second-order valence-corrected chi connectivity index (χ2v) is 2.95. The zero-order chi connectivity index (χ0) is 12.2. The molecule has 0 aliphatic carbocycles. The van der Waals surface area contributed by atoms with Crippen molar-refractivity contribution in [3.8, 4) is 0 Å². The molecule has 7 nitrogen and oxygen atoms in total. The van der Waals surface area contributed by atoms with Crippen molar-refractivity contribution in [2.45, 2.75) is 25.7 Å². The van der Waals surface area contributed by atoms with Gasteiger partial charge in [-0.3, -0.25) is 9.59 Å². The lowest BCUT2D eigenvalue weighted by molar-refractivity contribution is -0.119. The van der Waals surface area contributed by atoms with Crippen molar-refractivity contribution < 1.29 is 9.59 Å². The van der Waals surface area contributed by atoms with Gasteiger partial charge in [0.15, 0.2) is 0 Å². The van der Waals surface area contributed by atoms with Crippen LogP contribution in [0.15, 0.2) is 18.5 Å². The molecule has 1 aromatic rings. The van der Waals surface area contributed by atoms with E-state index in [1.807, 2.05) is 0 Å². The lowest BCUT2D eigenvalue weighted by Crippen LogP contribution is -2.12. The largest absolute Gasteiger partial charge is 0.370 e. The first-order valence-corrected chi connectivity index (χ1v) is 4.78. The molecule has 0 unspecified atom stereocenters. The number of amides is 2. The maximum atomic E-state index is 10.2. The molecular formula is C9H15N5O2. The molecule has 16 heavy (non-hydrogen) atoms. The lowest BCUT2D eigenvalue weighted by atomic mass is 10.2. The fraction of sp³-hybridized carbons (Fsp3) is 0.444. The molecule has 1 heterocycles. The maximum absolute atomic E-state index is 10.2. The van der Waals surface area contributed by atoms with E-state index in [1.165, 1.54) is 0 Å². The van der Waals surface area contributed by atoms with Crippen LogP contribution >= 0.6 is 0 Å². The molecule has 2 amide bonds. The Hall–Kier alpha value is -2.05. The van der Waals surface area contributed by atoms with Gasteiger partial charge in [-0.1, -0.05) is 0 Å². The molecule has 0 aliphatic heterocycles. The van der Waals surface area contributed by atoms with Crippen LogP contribution in [-0.4, -0.2) is 27.2 Å². The molecular weight excluding hydrogens is 210 g/mol. The minimum atomic E-state index is -0.329. The van der Waals surface area contributed by atoms with Crippen LogP contribution in [0.2, 0.25) is 0 Å². The van der Waals surface area contributed by atoms with Crippen LogP contribution in [0.3, 0.4) is 0 Å². The molecule has 7 heteroatoms. The van der Waals surface area contributed by atoms with Crippen molar-refractivity contribution in [2.75, 3.05) is 0 Å².